The normalized spacial score (nSPS) is 21.0. The number of carbonyl (C=O) groups excluding carboxylic acids is 1. The van der Waals surface area contributed by atoms with Crippen LogP contribution in [-0.2, 0) is 9.53 Å². The van der Waals surface area contributed by atoms with Crippen LogP contribution in [0.1, 0.15) is 24.5 Å². The van der Waals surface area contributed by atoms with Gasteiger partial charge in [-0.3, -0.25) is 4.79 Å². The smallest absolute Gasteiger partial charge is 0.256 e. The molecular formula is C14H19NO3. The van der Waals surface area contributed by atoms with Crippen LogP contribution in [0.5, 0.6) is 0 Å². The molecule has 0 bridgehead atoms. The molecule has 2 unspecified atom stereocenters. The summed E-state index contributed by atoms with van der Waals surface area (Å²) in [6.07, 6.45) is 1.24. The molecule has 1 N–H and O–H groups in total. The van der Waals surface area contributed by atoms with Gasteiger partial charge in [-0.1, -0.05) is 30.3 Å². The highest BCUT2D eigenvalue weighted by atomic mass is 16.5. The van der Waals surface area contributed by atoms with Crippen LogP contribution in [0.2, 0.25) is 0 Å². The van der Waals surface area contributed by atoms with Crippen molar-refractivity contribution in [2.75, 3.05) is 20.3 Å². The second-order valence-electron chi connectivity index (χ2n) is 4.54. The van der Waals surface area contributed by atoms with Crippen molar-refractivity contribution in [2.45, 2.75) is 25.0 Å². The van der Waals surface area contributed by atoms with Gasteiger partial charge in [-0.05, 0) is 18.4 Å². The lowest BCUT2D eigenvalue weighted by Crippen LogP contribution is -2.41. The van der Waals surface area contributed by atoms with E-state index in [1.54, 1.807) is 12.0 Å². The number of rotatable bonds is 4. The summed E-state index contributed by atoms with van der Waals surface area (Å²) in [5.41, 5.74) is 0.855. The maximum Gasteiger partial charge on any atom is 0.256 e. The lowest BCUT2D eigenvalue weighted by atomic mass is 10.1. The van der Waals surface area contributed by atoms with Gasteiger partial charge in [-0.15, -0.1) is 0 Å². The van der Waals surface area contributed by atoms with Gasteiger partial charge in [-0.2, -0.15) is 0 Å². The standard InChI is InChI=1S/C14H19NO3/c1-18-13(11-6-3-2-4-7-11)14(17)15-9-5-8-12(15)10-16/h2-4,6-7,12-13,16H,5,8-10H2,1H3. The number of nitrogens with zero attached hydrogens (tertiary/aromatic N) is 1. The number of aliphatic hydroxyl groups is 1. The Kier molecular flexibility index (Phi) is 4.33. The van der Waals surface area contributed by atoms with Gasteiger partial charge in [-0.25, -0.2) is 0 Å². The fraction of sp³-hybridized carbons (Fsp3) is 0.500. The highest BCUT2D eigenvalue weighted by Gasteiger charge is 2.33. The maximum absolute atomic E-state index is 12.4. The summed E-state index contributed by atoms with van der Waals surface area (Å²) in [4.78, 5) is 14.2. The predicted octanol–water partition coefficient (Wildman–Crippen LogP) is 1.36. The molecule has 2 rings (SSSR count). The second kappa shape index (κ2) is 5.98. The summed E-state index contributed by atoms with van der Waals surface area (Å²) >= 11 is 0. The fourth-order valence-electron chi connectivity index (χ4n) is 2.47. The summed E-state index contributed by atoms with van der Waals surface area (Å²) in [6, 6.07) is 9.41. The Morgan fingerprint density at radius 1 is 1.50 bits per heavy atom. The predicted molar refractivity (Wildman–Crippen MR) is 68.0 cm³/mol. The van der Waals surface area contributed by atoms with E-state index >= 15 is 0 Å². The third-order valence-corrected chi connectivity index (χ3v) is 3.43. The van der Waals surface area contributed by atoms with Gasteiger partial charge < -0.3 is 14.7 Å². The van der Waals surface area contributed by atoms with Gasteiger partial charge in [0.1, 0.15) is 0 Å². The Bertz CT molecular complexity index is 393. The van der Waals surface area contributed by atoms with Crippen molar-refractivity contribution in [1.29, 1.82) is 0 Å². The summed E-state index contributed by atoms with van der Waals surface area (Å²) < 4.78 is 5.33. The number of amides is 1. The maximum atomic E-state index is 12.4. The topological polar surface area (TPSA) is 49.8 Å². The van der Waals surface area contributed by atoms with Gasteiger partial charge in [0.15, 0.2) is 6.10 Å². The van der Waals surface area contributed by atoms with Gasteiger partial charge >= 0.3 is 0 Å². The molecule has 2 atom stereocenters. The first-order valence-corrected chi connectivity index (χ1v) is 6.27. The molecule has 1 aromatic rings. The number of carbonyl (C=O) groups is 1. The number of hydrogen-bond donors (Lipinski definition) is 1. The quantitative estimate of drug-likeness (QED) is 0.876. The zero-order chi connectivity index (χ0) is 13.0. The molecule has 4 nitrogen and oxygen atoms in total. The monoisotopic (exact) mass is 249 g/mol. The van der Waals surface area contributed by atoms with E-state index in [1.165, 1.54) is 0 Å². The minimum absolute atomic E-state index is 0.0248. The van der Waals surface area contributed by atoms with E-state index in [2.05, 4.69) is 0 Å². The lowest BCUT2D eigenvalue weighted by molar-refractivity contribution is -0.144. The van der Waals surface area contributed by atoms with Gasteiger partial charge in [0.2, 0.25) is 0 Å². The van der Waals surface area contributed by atoms with Crippen molar-refractivity contribution < 1.29 is 14.6 Å². The van der Waals surface area contributed by atoms with Gasteiger partial charge in [0.25, 0.3) is 5.91 Å². The van der Waals surface area contributed by atoms with E-state index in [0.29, 0.717) is 6.54 Å². The molecule has 0 aromatic heterocycles. The molecule has 1 saturated heterocycles. The van der Waals surface area contributed by atoms with E-state index in [-0.39, 0.29) is 18.6 Å². The number of benzene rings is 1. The lowest BCUT2D eigenvalue weighted by Gasteiger charge is -2.27. The van der Waals surface area contributed by atoms with Gasteiger partial charge in [0, 0.05) is 13.7 Å². The van der Waals surface area contributed by atoms with Crippen LogP contribution in [0.25, 0.3) is 0 Å². The van der Waals surface area contributed by atoms with Crippen molar-refractivity contribution in [3.8, 4) is 0 Å². The number of aliphatic hydroxyl groups excluding tert-OH is 1. The molecule has 1 aromatic carbocycles. The minimum atomic E-state index is -0.571. The second-order valence-corrected chi connectivity index (χ2v) is 4.54. The summed E-state index contributed by atoms with van der Waals surface area (Å²) in [7, 11) is 1.54. The Morgan fingerprint density at radius 3 is 2.83 bits per heavy atom. The largest absolute Gasteiger partial charge is 0.394 e. The third-order valence-electron chi connectivity index (χ3n) is 3.43. The molecule has 0 aliphatic carbocycles. The first-order chi connectivity index (χ1) is 8.77. The summed E-state index contributed by atoms with van der Waals surface area (Å²) in [5.74, 6) is -0.0553. The van der Waals surface area contributed by atoms with Crippen molar-refractivity contribution >= 4 is 5.91 Å². The highest BCUT2D eigenvalue weighted by Crippen LogP contribution is 2.25. The average molecular weight is 249 g/mol. The van der Waals surface area contributed by atoms with Crippen molar-refractivity contribution in [2.24, 2.45) is 0 Å². The van der Waals surface area contributed by atoms with Crippen molar-refractivity contribution in [3.05, 3.63) is 35.9 Å². The fourth-order valence-corrected chi connectivity index (χ4v) is 2.47. The molecule has 0 radical (unpaired) electrons. The molecule has 1 aliphatic rings. The third kappa shape index (κ3) is 2.54. The number of likely N-dealkylation sites (tertiary alicyclic amines) is 1. The number of ether oxygens (including phenoxy) is 1. The van der Waals surface area contributed by atoms with Crippen LogP contribution >= 0.6 is 0 Å². The number of methoxy groups -OCH3 is 1. The first-order valence-electron chi connectivity index (χ1n) is 6.27. The zero-order valence-electron chi connectivity index (χ0n) is 10.6. The van der Waals surface area contributed by atoms with Crippen LogP contribution in [0.15, 0.2) is 30.3 Å². The molecule has 1 fully saturated rings. The van der Waals surface area contributed by atoms with Crippen LogP contribution in [-0.4, -0.2) is 42.2 Å². The van der Waals surface area contributed by atoms with Crippen LogP contribution in [0, 0.1) is 0 Å². The van der Waals surface area contributed by atoms with Gasteiger partial charge in [0.05, 0.1) is 12.6 Å². The summed E-state index contributed by atoms with van der Waals surface area (Å²) in [5, 5.41) is 9.28. The van der Waals surface area contributed by atoms with E-state index < -0.39 is 6.10 Å². The molecule has 1 heterocycles. The SMILES string of the molecule is COC(C(=O)N1CCCC1CO)c1ccccc1. The van der Waals surface area contributed by atoms with Crippen LogP contribution in [0.4, 0.5) is 0 Å². The molecule has 0 spiro atoms. The molecule has 4 heteroatoms. The molecule has 18 heavy (non-hydrogen) atoms. The number of hydrogen-bond acceptors (Lipinski definition) is 3. The van der Waals surface area contributed by atoms with Crippen molar-refractivity contribution in [1.82, 2.24) is 4.90 Å². The average Bonchev–Trinajstić information content (AvgIpc) is 2.89. The highest BCUT2D eigenvalue weighted by molar-refractivity contribution is 5.83. The summed E-state index contributed by atoms with van der Waals surface area (Å²) in [6.45, 7) is 0.730. The van der Waals surface area contributed by atoms with E-state index in [0.717, 1.165) is 18.4 Å². The zero-order valence-corrected chi connectivity index (χ0v) is 10.6. The minimum Gasteiger partial charge on any atom is -0.394 e. The Labute approximate surface area is 107 Å². The molecule has 0 saturated carbocycles. The van der Waals surface area contributed by atoms with Crippen molar-refractivity contribution in [3.63, 3.8) is 0 Å². The van der Waals surface area contributed by atoms with Crippen LogP contribution < -0.4 is 0 Å². The molecule has 1 aliphatic heterocycles. The molecule has 1 amide bonds. The van der Waals surface area contributed by atoms with E-state index in [4.69, 9.17) is 4.74 Å². The van der Waals surface area contributed by atoms with E-state index in [9.17, 15) is 9.90 Å². The molecule has 98 valence electrons. The Balaban J connectivity index is 2.15. The Morgan fingerprint density at radius 2 is 2.22 bits per heavy atom. The van der Waals surface area contributed by atoms with Crippen LogP contribution in [0.3, 0.4) is 0 Å². The van der Waals surface area contributed by atoms with E-state index in [1.807, 2.05) is 30.3 Å². The first kappa shape index (κ1) is 13.1. The molecular weight excluding hydrogens is 230 g/mol. The Hall–Kier alpha value is -1.39.